The molecule has 2 aromatic rings. The zero-order valence-corrected chi connectivity index (χ0v) is 17.5. The predicted molar refractivity (Wildman–Crippen MR) is 118 cm³/mol. The molecule has 32 heavy (non-hydrogen) atoms. The van der Waals surface area contributed by atoms with Gasteiger partial charge < -0.3 is 15.1 Å². The van der Waals surface area contributed by atoms with Crippen LogP contribution in [0.25, 0.3) is 0 Å². The number of hydrogen-bond acceptors (Lipinski definition) is 5. The van der Waals surface area contributed by atoms with Gasteiger partial charge in [0.25, 0.3) is 5.69 Å². The van der Waals surface area contributed by atoms with Gasteiger partial charge in [-0.05, 0) is 31.0 Å². The van der Waals surface area contributed by atoms with Gasteiger partial charge in [-0.1, -0.05) is 24.3 Å². The smallest absolute Gasteiger partial charge is 0.271 e. The Morgan fingerprint density at radius 2 is 1.72 bits per heavy atom. The average Bonchev–Trinajstić information content (AvgIpc) is 3.21. The van der Waals surface area contributed by atoms with Crippen LogP contribution in [-0.4, -0.2) is 47.2 Å². The minimum atomic E-state index is -0.507. The van der Waals surface area contributed by atoms with Crippen LogP contribution in [0.15, 0.2) is 54.6 Å². The number of non-ortho nitro benzene ring substituents is 1. The van der Waals surface area contributed by atoms with Crippen LogP contribution in [0.2, 0.25) is 0 Å². The summed E-state index contributed by atoms with van der Waals surface area (Å²) in [5, 5.41) is 13.6. The summed E-state index contributed by atoms with van der Waals surface area (Å²) >= 11 is 0. The Kier molecular flexibility index (Phi) is 6.16. The van der Waals surface area contributed by atoms with Crippen LogP contribution in [0, 0.1) is 22.0 Å². The third-order valence-electron chi connectivity index (χ3n) is 6.04. The van der Waals surface area contributed by atoms with Crippen molar-refractivity contribution in [1.29, 1.82) is 0 Å². The molecule has 2 aliphatic heterocycles. The zero-order valence-electron chi connectivity index (χ0n) is 17.5. The number of hydrogen-bond donors (Lipinski definition) is 1. The topological polar surface area (TPSA) is 113 Å². The van der Waals surface area contributed by atoms with E-state index in [1.54, 1.807) is 15.9 Å². The molecule has 0 aliphatic carbocycles. The highest BCUT2D eigenvalue weighted by molar-refractivity contribution is 6.00. The van der Waals surface area contributed by atoms with Crippen molar-refractivity contribution in [2.24, 2.45) is 11.8 Å². The van der Waals surface area contributed by atoms with Crippen LogP contribution in [0.4, 0.5) is 17.1 Å². The van der Waals surface area contributed by atoms with Gasteiger partial charge in [0.05, 0.1) is 10.8 Å². The van der Waals surface area contributed by atoms with Crippen molar-refractivity contribution < 1.29 is 19.3 Å². The van der Waals surface area contributed by atoms with Gasteiger partial charge in [0.1, 0.15) is 0 Å². The summed E-state index contributed by atoms with van der Waals surface area (Å²) in [6.45, 7) is 1.26. The van der Waals surface area contributed by atoms with E-state index < -0.39 is 4.92 Å². The number of nitro groups is 1. The minimum Gasteiger partial charge on any atom is -0.342 e. The van der Waals surface area contributed by atoms with Crippen LogP contribution in [0.5, 0.6) is 0 Å². The lowest BCUT2D eigenvalue weighted by atomic mass is 9.94. The van der Waals surface area contributed by atoms with Crippen LogP contribution in [0.3, 0.4) is 0 Å². The summed E-state index contributed by atoms with van der Waals surface area (Å²) in [4.78, 5) is 51.8. The molecule has 2 aliphatic rings. The largest absolute Gasteiger partial charge is 0.342 e. The monoisotopic (exact) mass is 436 g/mol. The molecule has 1 N–H and O–H groups in total. The first-order valence-corrected chi connectivity index (χ1v) is 10.6. The lowest BCUT2D eigenvalue weighted by Crippen LogP contribution is -2.44. The SMILES string of the molecule is O=C(Nc1cccc([N+](=O)[O-])c1)C1CCN(C(=O)C2CC(=O)N(c3ccccc3)C2)CC1. The second kappa shape index (κ2) is 9.17. The van der Waals surface area contributed by atoms with Gasteiger partial charge in [-0.3, -0.25) is 24.5 Å². The van der Waals surface area contributed by atoms with Gasteiger partial charge >= 0.3 is 0 Å². The molecule has 166 valence electrons. The van der Waals surface area contributed by atoms with Crippen molar-refractivity contribution >= 4 is 34.8 Å². The van der Waals surface area contributed by atoms with Crippen molar-refractivity contribution in [1.82, 2.24) is 4.90 Å². The number of piperidine rings is 1. The highest BCUT2D eigenvalue weighted by atomic mass is 16.6. The number of para-hydroxylation sites is 1. The van der Waals surface area contributed by atoms with E-state index in [-0.39, 0.29) is 41.7 Å². The Bertz CT molecular complexity index is 1030. The molecule has 9 nitrogen and oxygen atoms in total. The first kappa shape index (κ1) is 21.5. The number of nitrogens with zero attached hydrogens (tertiary/aromatic N) is 3. The Labute approximate surface area is 185 Å². The Morgan fingerprint density at radius 1 is 1.00 bits per heavy atom. The lowest BCUT2D eigenvalue weighted by molar-refractivity contribution is -0.384. The summed E-state index contributed by atoms with van der Waals surface area (Å²) in [5.41, 5.74) is 1.09. The molecule has 9 heteroatoms. The van der Waals surface area contributed by atoms with Crippen molar-refractivity contribution in [3.63, 3.8) is 0 Å². The fourth-order valence-electron chi connectivity index (χ4n) is 4.29. The summed E-state index contributed by atoms with van der Waals surface area (Å²) in [6.07, 6.45) is 1.21. The van der Waals surface area contributed by atoms with E-state index in [0.717, 1.165) is 5.69 Å². The highest BCUT2D eigenvalue weighted by Gasteiger charge is 2.38. The molecule has 1 unspecified atom stereocenters. The molecule has 3 amide bonds. The first-order valence-electron chi connectivity index (χ1n) is 10.6. The van der Waals surface area contributed by atoms with Crippen LogP contribution >= 0.6 is 0 Å². The Morgan fingerprint density at radius 3 is 2.41 bits per heavy atom. The molecule has 0 aromatic heterocycles. The fraction of sp³-hybridized carbons (Fsp3) is 0.348. The number of nitrogens with one attached hydrogen (secondary N) is 1. The molecule has 0 radical (unpaired) electrons. The molecule has 0 saturated carbocycles. The van der Waals surface area contributed by atoms with E-state index in [1.807, 2.05) is 30.3 Å². The third kappa shape index (κ3) is 4.61. The molecule has 2 heterocycles. The molecule has 0 bridgehead atoms. The molecule has 4 rings (SSSR count). The van der Waals surface area contributed by atoms with Gasteiger partial charge in [-0.25, -0.2) is 0 Å². The van der Waals surface area contributed by atoms with Crippen LogP contribution < -0.4 is 10.2 Å². The number of carbonyl (C=O) groups excluding carboxylic acids is 3. The van der Waals surface area contributed by atoms with E-state index >= 15 is 0 Å². The van der Waals surface area contributed by atoms with Crippen LogP contribution in [0.1, 0.15) is 19.3 Å². The summed E-state index contributed by atoms with van der Waals surface area (Å²) in [5.74, 6) is -0.957. The molecular formula is C23H24N4O5. The minimum absolute atomic E-state index is 0.0469. The third-order valence-corrected chi connectivity index (χ3v) is 6.04. The number of rotatable bonds is 5. The molecular weight excluding hydrogens is 412 g/mol. The summed E-state index contributed by atoms with van der Waals surface area (Å²) in [6, 6.07) is 15.1. The van der Waals surface area contributed by atoms with E-state index in [2.05, 4.69) is 5.32 Å². The van der Waals surface area contributed by atoms with Crippen molar-refractivity contribution in [3.8, 4) is 0 Å². The molecule has 2 aromatic carbocycles. The normalized spacial score (nSPS) is 19.1. The number of anilines is 2. The summed E-state index contributed by atoms with van der Waals surface area (Å²) in [7, 11) is 0. The average molecular weight is 436 g/mol. The van der Waals surface area contributed by atoms with Crippen molar-refractivity contribution in [3.05, 3.63) is 64.7 Å². The number of amides is 3. The van der Waals surface area contributed by atoms with E-state index in [4.69, 9.17) is 0 Å². The van der Waals surface area contributed by atoms with Gasteiger partial charge in [-0.2, -0.15) is 0 Å². The molecule has 2 fully saturated rings. The zero-order chi connectivity index (χ0) is 22.7. The van der Waals surface area contributed by atoms with E-state index in [1.165, 1.54) is 18.2 Å². The maximum absolute atomic E-state index is 13.0. The van der Waals surface area contributed by atoms with Crippen molar-refractivity contribution in [2.45, 2.75) is 19.3 Å². The van der Waals surface area contributed by atoms with E-state index in [0.29, 0.717) is 38.2 Å². The maximum Gasteiger partial charge on any atom is 0.271 e. The molecule has 1 atom stereocenters. The standard InChI is InChI=1S/C23H24N4O5/c28-21-13-17(15-26(21)19-6-2-1-3-7-19)23(30)25-11-9-16(10-12-25)22(29)24-18-5-4-8-20(14-18)27(31)32/h1-8,14,16-17H,9-13,15H2,(H,24,29). The quantitative estimate of drug-likeness (QED) is 0.572. The Balaban J connectivity index is 1.30. The molecule has 2 saturated heterocycles. The number of carbonyl (C=O) groups is 3. The lowest BCUT2D eigenvalue weighted by Gasteiger charge is -2.33. The summed E-state index contributed by atoms with van der Waals surface area (Å²) < 4.78 is 0. The van der Waals surface area contributed by atoms with Gasteiger partial charge in [0.2, 0.25) is 17.7 Å². The number of likely N-dealkylation sites (tertiary alicyclic amines) is 1. The van der Waals surface area contributed by atoms with Crippen molar-refractivity contribution in [2.75, 3.05) is 29.9 Å². The van der Waals surface area contributed by atoms with Gasteiger partial charge in [0.15, 0.2) is 0 Å². The highest BCUT2D eigenvalue weighted by Crippen LogP contribution is 2.28. The van der Waals surface area contributed by atoms with Crippen LogP contribution in [-0.2, 0) is 14.4 Å². The fourth-order valence-corrected chi connectivity index (χ4v) is 4.29. The number of nitro benzene ring substituents is 1. The first-order chi connectivity index (χ1) is 15.4. The van der Waals surface area contributed by atoms with E-state index in [9.17, 15) is 24.5 Å². The molecule has 0 spiro atoms. The second-order valence-electron chi connectivity index (χ2n) is 8.14. The number of benzene rings is 2. The Hall–Kier alpha value is -3.75. The maximum atomic E-state index is 13.0. The predicted octanol–water partition coefficient (Wildman–Crippen LogP) is 2.83. The van der Waals surface area contributed by atoms with Gasteiger partial charge in [0, 0.05) is 55.5 Å². The second-order valence-corrected chi connectivity index (χ2v) is 8.14. The van der Waals surface area contributed by atoms with Gasteiger partial charge in [-0.15, -0.1) is 0 Å².